The molecule has 1 saturated heterocycles. The highest BCUT2D eigenvalue weighted by Crippen LogP contribution is 2.36. The second-order valence-electron chi connectivity index (χ2n) is 9.39. The molecule has 2 aromatic heterocycles. The van der Waals surface area contributed by atoms with Crippen LogP contribution in [0.3, 0.4) is 0 Å². The molecule has 184 valence electrons. The molecule has 2 aliphatic rings. The number of likely N-dealkylation sites (tertiary alicyclic amines) is 1. The van der Waals surface area contributed by atoms with E-state index in [2.05, 4.69) is 20.3 Å². The maximum absolute atomic E-state index is 14.2. The number of benzene rings is 1. The van der Waals surface area contributed by atoms with Crippen molar-refractivity contribution in [3.05, 3.63) is 41.6 Å². The van der Waals surface area contributed by atoms with Gasteiger partial charge in [-0.1, -0.05) is 0 Å². The molecule has 2 atom stereocenters. The fourth-order valence-corrected chi connectivity index (χ4v) is 4.51. The van der Waals surface area contributed by atoms with E-state index in [1.165, 1.54) is 25.4 Å². The van der Waals surface area contributed by atoms with Gasteiger partial charge in [-0.25, -0.2) is 14.4 Å². The Kier molecular flexibility index (Phi) is 6.14. The van der Waals surface area contributed by atoms with Crippen LogP contribution in [0.1, 0.15) is 42.2 Å². The van der Waals surface area contributed by atoms with Crippen molar-refractivity contribution < 1.29 is 23.8 Å². The number of nitrogens with one attached hydrogen (secondary N) is 2. The second kappa shape index (κ2) is 9.26. The summed E-state index contributed by atoms with van der Waals surface area (Å²) < 4.78 is 20.2. The van der Waals surface area contributed by atoms with Crippen molar-refractivity contribution in [1.82, 2.24) is 25.2 Å². The van der Waals surface area contributed by atoms with Crippen LogP contribution < -0.4 is 10.1 Å². The van der Waals surface area contributed by atoms with Crippen LogP contribution in [0.25, 0.3) is 22.3 Å². The van der Waals surface area contributed by atoms with Crippen LogP contribution in [0, 0.1) is 18.7 Å². The van der Waals surface area contributed by atoms with Gasteiger partial charge in [0.1, 0.15) is 35.2 Å². The van der Waals surface area contributed by atoms with E-state index in [-0.39, 0.29) is 17.9 Å². The summed E-state index contributed by atoms with van der Waals surface area (Å²) in [5, 5.41) is 12.5. The number of aromatic amines is 1. The van der Waals surface area contributed by atoms with E-state index in [1.54, 1.807) is 17.9 Å². The molecule has 0 radical (unpaired) electrons. The van der Waals surface area contributed by atoms with E-state index in [4.69, 9.17) is 4.74 Å². The number of aromatic nitrogens is 3. The number of fused-ring (bicyclic) bond motifs is 1. The van der Waals surface area contributed by atoms with Crippen LogP contribution in [-0.2, 0) is 4.79 Å². The molecule has 0 bridgehead atoms. The zero-order chi connectivity index (χ0) is 24.7. The molecule has 2 fully saturated rings. The second-order valence-corrected chi connectivity index (χ2v) is 9.39. The molecule has 3 aromatic rings. The van der Waals surface area contributed by atoms with Gasteiger partial charge in [0, 0.05) is 30.4 Å². The Bertz CT molecular complexity index is 1290. The third-order valence-corrected chi connectivity index (χ3v) is 6.56. The van der Waals surface area contributed by atoms with Gasteiger partial charge in [-0.3, -0.25) is 9.59 Å². The van der Waals surface area contributed by atoms with Crippen molar-refractivity contribution in [3.63, 3.8) is 0 Å². The van der Waals surface area contributed by atoms with E-state index in [0.717, 1.165) is 12.8 Å². The van der Waals surface area contributed by atoms with E-state index < -0.39 is 11.9 Å². The number of ether oxygens (including phenoxy) is 1. The summed E-state index contributed by atoms with van der Waals surface area (Å²) in [6.45, 7) is 4.58. The molecule has 2 amide bonds. The number of rotatable bonds is 7. The van der Waals surface area contributed by atoms with Gasteiger partial charge in [0.25, 0.3) is 11.8 Å². The quantitative estimate of drug-likeness (QED) is 0.477. The van der Waals surface area contributed by atoms with Gasteiger partial charge in [-0.05, 0) is 57.2 Å². The van der Waals surface area contributed by atoms with Crippen LogP contribution in [0.2, 0.25) is 0 Å². The lowest BCUT2D eigenvalue weighted by Crippen LogP contribution is -2.41. The van der Waals surface area contributed by atoms with Crippen molar-refractivity contribution in [2.45, 2.75) is 45.3 Å². The van der Waals surface area contributed by atoms with Crippen molar-refractivity contribution >= 4 is 22.8 Å². The van der Waals surface area contributed by atoms with E-state index in [1.807, 2.05) is 0 Å². The van der Waals surface area contributed by atoms with Crippen molar-refractivity contribution in [3.8, 4) is 17.0 Å². The number of hydrogen-bond donors (Lipinski definition) is 3. The smallest absolute Gasteiger partial charge is 0.255 e. The van der Waals surface area contributed by atoms with Gasteiger partial charge in [0.2, 0.25) is 0 Å². The van der Waals surface area contributed by atoms with E-state index >= 15 is 0 Å². The molecular weight excluding hydrogens is 453 g/mol. The standard InChI is InChI=1S/C25H28FN5O4/c1-13-20(24(33)30-17-7-8-31(10-17)25(34)14(2)32)22-23(29-13)21(27-12-28-22)18-9-16(26)5-6-19(18)35-11-15-3-4-15/h5-6,9,12,14-15,17,29,32H,3-4,7-8,10-11H2,1-2H3,(H,30,33)/t14-,17+/m0/s1. The van der Waals surface area contributed by atoms with Crippen LogP contribution in [-0.4, -0.2) is 68.6 Å². The predicted molar refractivity (Wildman–Crippen MR) is 126 cm³/mol. The Morgan fingerprint density at radius 1 is 1.31 bits per heavy atom. The number of halogens is 1. The molecular formula is C25H28FN5O4. The number of aryl methyl sites for hydroxylation is 1. The molecule has 0 unspecified atom stereocenters. The van der Waals surface area contributed by atoms with Crippen LogP contribution >= 0.6 is 0 Å². The zero-order valence-electron chi connectivity index (χ0n) is 19.7. The van der Waals surface area contributed by atoms with E-state index in [0.29, 0.717) is 71.3 Å². The topological polar surface area (TPSA) is 120 Å². The number of carbonyl (C=O) groups excluding carboxylic acids is 2. The Morgan fingerprint density at radius 3 is 2.86 bits per heavy atom. The number of hydrogen-bond acceptors (Lipinski definition) is 6. The minimum Gasteiger partial charge on any atom is -0.493 e. The first-order valence-corrected chi connectivity index (χ1v) is 11.9. The molecule has 1 aliphatic heterocycles. The molecule has 35 heavy (non-hydrogen) atoms. The highest BCUT2D eigenvalue weighted by atomic mass is 19.1. The number of aliphatic hydroxyl groups excluding tert-OH is 1. The lowest BCUT2D eigenvalue weighted by molar-refractivity contribution is -0.138. The molecule has 3 N–H and O–H groups in total. The SMILES string of the molecule is Cc1[nH]c2c(-c3cc(F)ccc3OCC3CC3)ncnc2c1C(=O)N[C@@H]1CCN(C(=O)[C@H](C)O)C1. The average Bonchev–Trinajstić information content (AvgIpc) is 3.43. The molecule has 0 spiro atoms. The summed E-state index contributed by atoms with van der Waals surface area (Å²) in [7, 11) is 0. The first kappa shape index (κ1) is 23.2. The molecule has 5 rings (SSSR count). The Hall–Kier alpha value is -3.53. The monoisotopic (exact) mass is 481 g/mol. The van der Waals surface area contributed by atoms with Gasteiger partial charge < -0.3 is 25.0 Å². The number of H-pyrrole nitrogens is 1. The number of aliphatic hydroxyl groups is 1. The van der Waals surface area contributed by atoms with Gasteiger partial charge in [0.15, 0.2) is 0 Å². The van der Waals surface area contributed by atoms with Crippen LogP contribution in [0.4, 0.5) is 4.39 Å². The maximum Gasteiger partial charge on any atom is 0.255 e. The highest BCUT2D eigenvalue weighted by molar-refractivity contribution is 6.09. The normalized spacial score (nSPS) is 18.6. The summed E-state index contributed by atoms with van der Waals surface area (Å²) in [4.78, 5) is 38.8. The summed E-state index contributed by atoms with van der Waals surface area (Å²) in [5.41, 5.74) is 2.88. The van der Waals surface area contributed by atoms with Crippen molar-refractivity contribution in [2.24, 2.45) is 5.92 Å². The van der Waals surface area contributed by atoms with Crippen LogP contribution in [0.15, 0.2) is 24.5 Å². The maximum atomic E-state index is 14.2. The molecule has 1 aromatic carbocycles. The number of nitrogens with zero attached hydrogens (tertiary/aromatic N) is 3. The summed E-state index contributed by atoms with van der Waals surface area (Å²) in [5.74, 6) is -0.0187. The zero-order valence-corrected chi connectivity index (χ0v) is 19.7. The largest absolute Gasteiger partial charge is 0.493 e. The Morgan fingerprint density at radius 2 is 2.11 bits per heavy atom. The minimum atomic E-state index is -1.07. The first-order chi connectivity index (χ1) is 16.8. The van der Waals surface area contributed by atoms with Crippen molar-refractivity contribution in [1.29, 1.82) is 0 Å². The lowest BCUT2D eigenvalue weighted by Gasteiger charge is -2.18. The fraction of sp³-hybridized carbons (Fsp3) is 0.440. The summed E-state index contributed by atoms with van der Waals surface area (Å²) in [6.07, 6.45) is 3.15. The predicted octanol–water partition coefficient (Wildman–Crippen LogP) is 2.57. The summed E-state index contributed by atoms with van der Waals surface area (Å²) in [6, 6.07) is 4.11. The molecule has 1 saturated carbocycles. The van der Waals surface area contributed by atoms with Gasteiger partial charge >= 0.3 is 0 Å². The number of amides is 2. The molecule has 10 heteroatoms. The Balaban J connectivity index is 1.43. The highest BCUT2D eigenvalue weighted by Gasteiger charge is 2.31. The Labute approximate surface area is 201 Å². The lowest BCUT2D eigenvalue weighted by atomic mass is 10.1. The number of carbonyl (C=O) groups is 2. The first-order valence-electron chi connectivity index (χ1n) is 11.9. The molecule has 3 heterocycles. The molecule has 1 aliphatic carbocycles. The molecule has 9 nitrogen and oxygen atoms in total. The van der Waals surface area contributed by atoms with Gasteiger partial charge in [-0.2, -0.15) is 0 Å². The third kappa shape index (κ3) is 4.70. The fourth-order valence-electron chi connectivity index (χ4n) is 4.51. The van der Waals surface area contributed by atoms with Gasteiger partial charge in [-0.15, -0.1) is 0 Å². The third-order valence-electron chi connectivity index (χ3n) is 6.56. The van der Waals surface area contributed by atoms with Gasteiger partial charge in [0.05, 0.1) is 17.7 Å². The summed E-state index contributed by atoms with van der Waals surface area (Å²) >= 11 is 0. The minimum absolute atomic E-state index is 0.235. The average molecular weight is 482 g/mol. The van der Waals surface area contributed by atoms with Crippen molar-refractivity contribution in [2.75, 3.05) is 19.7 Å². The van der Waals surface area contributed by atoms with E-state index in [9.17, 15) is 19.1 Å². The van der Waals surface area contributed by atoms with Crippen LogP contribution in [0.5, 0.6) is 5.75 Å².